The molecule has 1 heterocycles. The van der Waals surface area contributed by atoms with Gasteiger partial charge in [-0.3, -0.25) is 4.79 Å². The van der Waals surface area contributed by atoms with Gasteiger partial charge in [0.25, 0.3) is 0 Å². The van der Waals surface area contributed by atoms with Crippen molar-refractivity contribution in [3.63, 3.8) is 0 Å². The van der Waals surface area contributed by atoms with Crippen LogP contribution in [-0.4, -0.2) is 30.2 Å². The summed E-state index contributed by atoms with van der Waals surface area (Å²) in [5.41, 5.74) is 1.98. The van der Waals surface area contributed by atoms with Gasteiger partial charge in [-0.15, -0.1) is 4.68 Å². The molecule has 1 aromatic heterocycles. The number of aldehydes is 1. The highest BCUT2D eigenvalue weighted by atomic mass is 16.1. The molecule has 0 fully saturated rings. The average molecular weight is 273 g/mol. The average Bonchev–Trinajstić information content (AvgIpc) is 2.75. The molecule has 0 aliphatic heterocycles. The normalized spacial score (nSPS) is 11.0. The van der Waals surface area contributed by atoms with Crippen molar-refractivity contribution in [1.82, 2.24) is 9.78 Å². The van der Waals surface area contributed by atoms with Crippen molar-refractivity contribution < 1.29 is 9.36 Å². The summed E-state index contributed by atoms with van der Waals surface area (Å²) in [6, 6.07) is 5.45. The number of carbonyl (C=O) groups excluding carboxylic acids is 1. The van der Waals surface area contributed by atoms with E-state index in [2.05, 4.69) is 15.3 Å². The molecular formula is C13H17N6O+. The predicted octanol–water partition coefficient (Wildman–Crippen LogP) is 1.54. The molecule has 2 rings (SSSR count). The topological polar surface area (TPSA) is 66.7 Å². The van der Waals surface area contributed by atoms with Crippen LogP contribution in [0.25, 0.3) is 0 Å². The molecule has 0 amide bonds. The lowest BCUT2D eigenvalue weighted by atomic mass is 10.1. The highest BCUT2D eigenvalue weighted by Crippen LogP contribution is 2.24. The predicted molar refractivity (Wildman–Crippen MR) is 74.7 cm³/mol. The van der Waals surface area contributed by atoms with Gasteiger partial charge in [0, 0.05) is 30.5 Å². The zero-order chi connectivity index (χ0) is 14.7. The molecule has 0 aliphatic carbocycles. The van der Waals surface area contributed by atoms with Gasteiger partial charge in [0.05, 0.1) is 14.1 Å². The maximum atomic E-state index is 11.2. The third kappa shape index (κ3) is 2.71. The molecule has 1 aromatic carbocycles. The lowest BCUT2D eigenvalue weighted by Gasteiger charge is -2.12. The number of azo groups is 1. The molecule has 0 spiro atoms. The minimum Gasteiger partial charge on any atom is -0.378 e. The number of hydrogen-bond acceptors (Lipinski definition) is 5. The summed E-state index contributed by atoms with van der Waals surface area (Å²) in [4.78, 5) is 13.1. The summed E-state index contributed by atoms with van der Waals surface area (Å²) >= 11 is 0. The summed E-state index contributed by atoms with van der Waals surface area (Å²) in [5.74, 6) is 0.596. The second-order valence-corrected chi connectivity index (χ2v) is 4.62. The zero-order valence-electron chi connectivity index (χ0n) is 12.0. The van der Waals surface area contributed by atoms with Crippen LogP contribution in [0.15, 0.2) is 34.8 Å². The number of benzene rings is 1. The number of hydrogen-bond donors (Lipinski definition) is 0. The first-order valence-corrected chi connectivity index (χ1v) is 6.09. The number of aryl methyl sites for hydroxylation is 2. The fourth-order valence-electron chi connectivity index (χ4n) is 1.73. The second-order valence-electron chi connectivity index (χ2n) is 4.62. The van der Waals surface area contributed by atoms with E-state index in [1.807, 2.05) is 32.1 Å². The molecule has 0 radical (unpaired) electrons. The molecular weight excluding hydrogens is 256 g/mol. The molecule has 0 saturated carbocycles. The van der Waals surface area contributed by atoms with E-state index >= 15 is 0 Å². The number of rotatable bonds is 4. The van der Waals surface area contributed by atoms with Crippen LogP contribution in [0.5, 0.6) is 0 Å². The summed E-state index contributed by atoms with van der Waals surface area (Å²) < 4.78 is 3.36. The van der Waals surface area contributed by atoms with Crippen molar-refractivity contribution in [2.45, 2.75) is 0 Å². The van der Waals surface area contributed by atoms with E-state index in [-0.39, 0.29) is 0 Å². The van der Waals surface area contributed by atoms with E-state index in [0.29, 0.717) is 17.2 Å². The molecule has 0 atom stereocenters. The quantitative estimate of drug-likeness (QED) is 0.482. The monoisotopic (exact) mass is 273 g/mol. The van der Waals surface area contributed by atoms with Crippen LogP contribution in [0.4, 0.5) is 17.3 Å². The Morgan fingerprint density at radius 1 is 1.35 bits per heavy atom. The van der Waals surface area contributed by atoms with Crippen LogP contribution < -0.4 is 9.47 Å². The summed E-state index contributed by atoms with van der Waals surface area (Å²) in [6.07, 6.45) is 2.43. The molecule has 0 aliphatic rings. The Labute approximate surface area is 117 Å². The number of carbonyl (C=O) groups is 1. The molecule has 7 nitrogen and oxygen atoms in total. The van der Waals surface area contributed by atoms with E-state index in [4.69, 9.17) is 0 Å². The van der Waals surface area contributed by atoms with Gasteiger partial charge in [-0.2, -0.15) is 0 Å². The van der Waals surface area contributed by atoms with Crippen LogP contribution in [0, 0.1) is 0 Å². The highest BCUT2D eigenvalue weighted by molar-refractivity contribution is 5.84. The summed E-state index contributed by atoms with van der Waals surface area (Å²) in [5, 5.41) is 12.3. The lowest BCUT2D eigenvalue weighted by Crippen LogP contribution is -2.25. The number of nitrogens with zero attached hydrogens (tertiary/aromatic N) is 6. The van der Waals surface area contributed by atoms with Crippen molar-refractivity contribution >= 4 is 23.6 Å². The van der Waals surface area contributed by atoms with Crippen LogP contribution in [0.3, 0.4) is 0 Å². The largest absolute Gasteiger partial charge is 0.403 e. The van der Waals surface area contributed by atoms with Gasteiger partial charge >= 0.3 is 5.95 Å². The summed E-state index contributed by atoms with van der Waals surface area (Å²) in [7, 11) is 7.45. The molecule has 0 unspecified atom stereocenters. The van der Waals surface area contributed by atoms with E-state index in [0.717, 1.165) is 12.0 Å². The second kappa shape index (κ2) is 5.60. The molecule has 7 heteroatoms. The van der Waals surface area contributed by atoms with E-state index in [1.165, 1.54) is 0 Å². The molecule has 2 aromatic rings. The first kappa shape index (κ1) is 13.9. The molecule has 20 heavy (non-hydrogen) atoms. The molecule has 104 valence electrons. The van der Waals surface area contributed by atoms with Gasteiger partial charge in [0.15, 0.2) is 6.29 Å². The Morgan fingerprint density at radius 2 is 2.10 bits per heavy atom. The van der Waals surface area contributed by atoms with Gasteiger partial charge in [-0.25, -0.2) is 4.57 Å². The third-order valence-corrected chi connectivity index (χ3v) is 2.90. The van der Waals surface area contributed by atoms with Crippen molar-refractivity contribution in [3.05, 3.63) is 30.1 Å². The SMILES string of the molecule is CN(C)c1ccc(N=Nc2n(C)nc[n+]2C)c(C=O)c1. The van der Waals surface area contributed by atoms with Gasteiger partial charge in [0.2, 0.25) is 6.33 Å². The Balaban J connectivity index is 2.36. The minimum atomic E-state index is 0.504. The number of aromatic nitrogens is 3. The van der Waals surface area contributed by atoms with Crippen molar-refractivity contribution in [2.24, 2.45) is 24.3 Å². The van der Waals surface area contributed by atoms with E-state index < -0.39 is 0 Å². The van der Waals surface area contributed by atoms with E-state index in [1.54, 1.807) is 34.8 Å². The zero-order valence-corrected chi connectivity index (χ0v) is 12.0. The standard InChI is InChI=1S/C13H17N6O/c1-17(2)11-5-6-12(10(7-11)8-20)15-16-13-18(3)9-14-19(13)4/h5-9H,1-4H3/q+1. The van der Waals surface area contributed by atoms with Crippen LogP contribution in [0.2, 0.25) is 0 Å². The molecule has 0 N–H and O–H groups in total. The number of anilines is 1. The Kier molecular flexibility index (Phi) is 3.88. The molecule has 0 bridgehead atoms. The van der Waals surface area contributed by atoms with Gasteiger partial charge in [0.1, 0.15) is 5.69 Å². The Hall–Kier alpha value is -2.57. The molecule has 0 saturated heterocycles. The fraction of sp³-hybridized carbons (Fsp3) is 0.308. The fourth-order valence-corrected chi connectivity index (χ4v) is 1.73. The first-order chi connectivity index (χ1) is 9.52. The minimum absolute atomic E-state index is 0.504. The first-order valence-electron chi connectivity index (χ1n) is 6.09. The van der Waals surface area contributed by atoms with Crippen molar-refractivity contribution in [1.29, 1.82) is 0 Å². The van der Waals surface area contributed by atoms with Crippen molar-refractivity contribution in [2.75, 3.05) is 19.0 Å². The maximum Gasteiger partial charge on any atom is 0.403 e. The van der Waals surface area contributed by atoms with Crippen LogP contribution >= 0.6 is 0 Å². The van der Waals surface area contributed by atoms with Crippen LogP contribution in [-0.2, 0) is 14.1 Å². The smallest absolute Gasteiger partial charge is 0.378 e. The Morgan fingerprint density at radius 3 is 2.65 bits per heavy atom. The lowest BCUT2D eigenvalue weighted by molar-refractivity contribution is -0.659. The van der Waals surface area contributed by atoms with Gasteiger partial charge < -0.3 is 4.90 Å². The van der Waals surface area contributed by atoms with E-state index in [9.17, 15) is 4.79 Å². The van der Waals surface area contributed by atoms with Gasteiger partial charge in [-0.1, -0.05) is 5.11 Å². The van der Waals surface area contributed by atoms with Gasteiger partial charge in [-0.05, 0) is 23.3 Å². The highest BCUT2D eigenvalue weighted by Gasteiger charge is 2.12. The van der Waals surface area contributed by atoms with Crippen molar-refractivity contribution in [3.8, 4) is 0 Å². The maximum absolute atomic E-state index is 11.2. The third-order valence-electron chi connectivity index (χ3n) is 2.90. The Bertz CT molecular complexity index is 639. The summed E-state index contributed by atoms with van der Waals surface area (Å²) in [6.45, 7) is 0. The van der Waals surface area contributed by atoms with Crippen LogP contribution in [0.1, 0.15) is 10.4 Å².